The second-order valence-corrected chi connectivity index (χ2v) is 3.40. The molecule has 0 bridgehead atoms. The lowest BCUT2D eigenvalue weighted by Gasteiger charge is -2.22. The van der Waals surface area contributed by atoms with E-state index in [9.17, 15) is 9.90 Å². The van der Waals surface area contributed by atoms with Crippen molar-refractivity contribution >= 4 is 5.97 Å². The zero-order valence-electron chi connectivity index (χ0n) is 7.77. The molecule has 1 aliphatic rings. The summed E-state index contributed by atoms with van der Waals surface area (Å²) in [5, 5.41) is 18.5. The van der Waals surface area contributed by atoms with Crippen molar-refractivity contribution in [1.29, 1.82) is 0 Å². The van der Waals surface area contributed by atoms with Gasteiger partial charge in [-0.3, -0.25) is 4.79 Å². The summed E-state index contributed by atoms with van der Waals surface area (Å²) >= 11 is 0. The molecule has 3 unspecified atom stereocenters. The van der Waals surface area contributed by atoms with E-state index in [1.54, 1.807) is 6.92 Å². The third-order valence-corrected chi connectivity index (χ3v) is 2.52. The van der Waals surface area contributed by atoms with Crippen LogP contribution in [0.4, 0.5) is 0 Å². The number of aliphatic carboxylic acids is 1. The number of carbonyl (C=O) groups is 1. The number of rotatable bonds is 4. The normalized spacial score (nSPS) is 27.1. The quantitative estimate of drug-likeness (QED) is 0.679. The molecule has 1 heterocycles. The molecule has 0 aromatic carbocycles. The van der Waals surface area contributed by atoms with Crippen molar-refractivity contribution in [1.82, 2.24) is 0 Å². The first-order chi connectivity index (χ1) is 6.16. The van der Waals surface area contributed by atoms with Gasteiger partial charge in [0.1, 0.15) is 0 Å². The fourth-order valence-corrected chi connectivity index (χ4v) is 1.69. The Balaban J connectivity index is 2.51. The molecule has 76 valence electrons. The molecule has 0 aromatic heterocycles. The van der Waals surface area contributed by atoms with Gasteiger partial charge in [0.2, 0.25) is 0 Å². The summed E-state index contributed by atoms with van der Waals surface area (Å²) in [4.78, 5) is 10.7. The van der Waals surface area contributed by atoms with Gasteiger partial charge in [-0.1, -0.05) is 6.92 Å². The molecule has 0 amide bonds. The number of carboxylic acids is 1. The predicted molar refractivity (Wildman–Crippen MR) is 46.4 cm³/mol. The molecule has 13 heavy (non-hydrogen) atoms. The Kier molecular flexibility index (Phi) is 3.69. The van der Waals surface area contributed by atoms with E-state index < -0.39 is 18.0 Å². The van der Waals surface area contributed by atoms with Gasteiger partial charge in [0.05, 0.1) is 18.1 Å². The third-order valence-electron chi connectivity index (χ3n) is 2.52. The van der Waals surface area contributed by atoms with Crippen LogP contribution >= 0.6 is 0 Å². The highest BCUT2D eigenvalue weighted by molar-refractivity contribution is 5.70. The average molecular weight is 188 g/mol. The van der Waals surface area contributed by atoms with Crippen LogP contribution in [-0.2, 0) is 9.53 Å². The van der Waals surface area contributed by atoms with Gasteiger partial charge < -0.3 is 14.9 Å². The van der Waals surface area contributed by atoms with E-state index in [0.717, 1.165) is 12.8 Å². The smallest absolute Gasteiger partial charge is 0.309 e. The van der Waals surface area contributed by atoms with Crippen LogP contribution in [-0.4, -0.2) is 35.0 Å². The van der Waals surface area contributed by atoms with Crippen molar-refractivity contribution in [2.24, 2.45) is 5.92 Å². The molecule has 1 aliphatic heterocycles. The maximum atomic E-state index is 10.7. The molecule has 4 nitrogen and oxygen atoms in total. The highest BCUT2D eigenvalue weighted by Crippen LogP contribution is 2.22. The minimum atomic E-state index is -0.939. The number of hydrogen-bond acceptors (Lipinski definition) is 3. The molecule has 1 rings (SSSR count). The molecule has 0 aromatic rings. The van der Waals surface area contributed by atoms with Crippen LogP contribution in [0.3, 0.4) is 0 Å². The summed E-state index contributed by atoms with van der Waals surface area (Å²) in [5.74, 6) is -1.63. The topological polar surface area (TPSA) is 66.8 Å². The summed E-state index contributed by atoms with van der Waals surface area (Å²) in [6.07, 6.45) is 0.991. The molecule has 0 spiro atoms. The van der Waals surface area contributed by atoms with Crippen LogP contribution < -0.4 is 0 Å². The second kappa shape index (κ2) is 4.58. The van der Waals surface area contributed by atoms with Crippen molar-refractivity contribution in [3.8, 4) is 0 Å². The second-order valence-electron chi connectivity index (χ2n) is 3.40. The SMILES string of the molecule is CCC(C(=O)O)C(O)C1CCCO1. The maximum Gasteiger partial charge on any atom is 0.309 e. The maximum absolute atomic E-state index is 10.7. The Bertz CT molecular complexity index is 174. The summed E-state index contributed by atoms with van der Waals surface area (Å²) < 4.78 is 5.23. The zero-order valence-corrected chi connectivity index (χ0v) is 7.77. The minimum Gasteiger partial charge on any atom is -0.481 e. The first kappa shape index (κ1) is 10.5. The average Bonchev–Trinajstić information content (AvgIpc) is 2.56. The van der Waals surface area contributed by atoms with Crippen molar-refractivity contribution in [2.75, 3.05) is 6.61 Å². The van der Waals surface area contributed by atoms with Gasteiger partial charge in [-0.15, -0.1) is 0 Å². The monoisotopic (exact) mass is 188 g/mol. The van der Waals surface area contributed by atoms with Crippen molar-refractivity contribution in [2.45, 2.75) is 38.4 Å². The van der Waals surface area contributed by atoms with Crippen LogP contribution in [0.25, 0.3) is 0 Å². The van der Waals surface area contributed by atoms with Gasteiger partial charge in [-0.2, -0.15) is 0 Å². The summed E-state index contributed by atoms with van der Waals surface area (Å²) in [6, 6.07) is 0. The molecule has 1 fully saturated rings. The predicted octanol–water partition coefficient (Wildman–Crippen LogP) is 0.637. The van der Waals surface area contributed by atoms with Crippen LogP contribution in [0.5, 0.6) is 0 Å². The molecule has 1 saturated heterocycles. The number of hydrogen-bond donors (Lipinski definition) is 2. The number of aliphatic hydroxyl groups excluding tert-OH is 1. The minimum absolute atomic E-state index is 0.277. The Labute approximate surface area is 77.5 Å². The van der Waals surface area contributed by atoms with Crippen LogP contribution in [0.15, 0.2) is 0 Å². The number of aliphatic hydroxyl groups is 1. The first-order valence-corrected chi connectivity index (χ1v) is 4.69. The molecular formula is C9H16O4. The van der Waals surface area contributed by atoms with E-state index in [0.29, 0.717) is 13.0 Å². The molecule has 2 N–H and O–H groups in total. The molecule has 0 radical (unpaired) electrons. The van der Waals surface area contributed by atoms with Crippen molar-refractivity contribution < 1.29 is 19.7 Å². The Morgan fingerprint density at radius 1 is 1.69 bits per heavy atom. The van der Waals surface area contributed by atoms with Gasteiger partial charge in [0.25, 0.3) is 0 Å². The zero-order chi connectivity index (χ0) is 9.84. The van der Waals surface area contributed by atoms with Gasteiger partial charge in [0.15, 0.2) is 0 Å². The van der Waals surface area contributed by atoms with E-state index in [4.69, 9.17) is 9.84 Å². The van der Waals surface area contributed by atoms with Gasteiger partial charge in [0, 0.05) is 6.61 Å². The van der Waals surface area contributed by atoms with Gasteiger partial charge >= 0.3 is 5.97 Å². The highest BCUT2D eigenvalue weighted by Gasteiger charge is 2.33. The lowest BCUT2D eigenvalue weighted by molar-refractivity contribution is -0.149. The van der Waals surface area contributed by atoms with E-state index in [1.807, 2.05) is 0 Å². The first-order valence-electron chi connectivity index (χ1n) is 4.69. The number of ether oxygens (including phenoxy) is 1. The number of carboxylic acid groups (broad SMARTS) is 1. The lowest BCUT2D eigenvalue weighted by Crippen LogP contribution is -2.37. The van der Waals surface area contributed by atoms with Crippen molar-refractivity contribution in [3.63, 3.8) is 0 Å². The third kappa shape index (κ3) is 2.42. The molecular weight excluding hydrogens is 172 g/mol. The largest absolute Gasteiger partial charge is 0.481 e. The Hall–Kier alpha value is -0.610. The molecule has 3 atom stereocenters. The fourth-order valence-electron chi connectivity index (χ4n) is 1.69. The fraction of sp³-hybridized carbons (Fsp3) is 0.889. The van der Waals surface area contributed by atoms with Crippen molar-refractivity contribution in [3.05, 3.63) is 0 Å². The van der Waals surface area contributed by atoms with Gasteiger partial charge in [-0.05, 0) is 19.3 Å². The van der Waals surface area contributed by atoms with E-state index in [1.165, 1.54) is 0 Å². The Morgan fingerprint density at radius 2 is 2.38 bits per heavy atom. The van der Waals surface area contributed by atoms with Gasteiger partial charge in [-0.25, -0.2) is 0 Å². The lowest BCUT2D eigenvalue weighted by atomic mass is 9.94. The molecule has 0 saturated carbocycles. The standard InChI is InChI=1S/C9H16O4/c1-2-6(9(11)12)8(10)7-4-3-5-13-7/h6-8,10H,2-5H2,1H3,(H,11,12). The summed E-state index contributed by atoms with van der Waals surface area (Å²) in [6.45, 7) is 2.40. The van der Waals surface area contributed by atoms with Crippen LogP contribution in [0.1, 0.15) is 26.2 Å². The van der Waals surface area contributed by atoms with E-state index in [2.05, 4.69) is 0 Å². The molecule has 0 aliphatic carbocycles. The van der Waals surface area contributed by atoms with E-state index >= 15 is 0 Å². The molecule has 4 heteroatoms. The van der Waals surface area contributed by atoms with Crippen LogP contribution in [0.2, 0.25) is 0 Å². The highest BCUT2D eigenvalue weighted by atomic mass is 16.5. The summed E-state index contributed by atoms with van der Waals surface area (Å²) in [5.41, 5.74) is 0. The van der Waals surface area contributed by atoms with Crippen LogP contribution in [0, 0.1) is 5.92 Å². The summed E-state index contributed by atoms with van der Waals surface area (Å²) in [7, 11) is 0. The van der Waals surface area contributed by atoms with E-state index in [-0.39, 0.29) is 6.10 Å². The Morgan fingerprint density at radius 3 is 2.77 bits per heavy atom.